The number of methoxy groups -OCH3 is 1. The molecule has 0 amide bonds. The average molecular weight is 312 g/mol. The van der Waals surface area contributed by atoms with E-state index in [1.807, 2.05) is 16.8 Å². The lowest BCUT2D eigenvalue weighted by molar-refractivity contribution is 0.414. The van der Waals surface area contributed by atoms with Gasteiger partial charge in [-0.25, -0.2) is 13.1 Å². The minimum atomic E-state index is -3.60. The van der Waals surface area contributed by atoms with Gasteiger partial charge in [-0.2, -0.15) is 11.3 Å². The molecule has 0 saturated carbocycles. The minimum absolute atomic E-state index is 0.0728. The van der Waals surface area contributed by atoms with Gasteiger partial charge >= 0.3 is 0 Å². The predicted octanol–water partition coefficient (Wildman–Crippen LogP) is 1.86. The Labute approximate surface area is 122 Å². The average Bonchev–Trinajstić information content (AvgIpc) is 2.91. The Bertz CT molecular complexity index is 667. The Morgan fingerprint density at radius 2 is 2.15 bits per heavy atom. The van der Waals surface area contributed by atoms with Gasteiger partial charge in [-0.05, 0) is 40.9 Å². The molecule has 0 fully saturated rings. The van der Waals surface area contributed by atoms with Crippen LogP contribution >= 0.6 is 11.3 Å². The summed E-state index contributed by atoms with van der Waals surface area (Å²) in [5, 5.41) is 3.96. The zero-order valence-electron chi connectivity index (χ0n) is 11.0. The Hall–Kier alpha value is -1.57. The van der Waals surface area contributed by atoms with Crippen LogP contribution in [0.15, 0.2) is 39.9 Å². The van der Waals surface area contributed by atoms with Crippen LogP contribution in [0, 0.1) is 0 Å². The van der Waals surface area contributed by atoms with E-state index in [4.69, 9.17) is 10.5 Å². The van der Waals surface area contributed by atoms with Gasteiger partial charge in [0.25, 0.3) is 0 Å². The van der Waals surface area contributed by atoms with Crippen molar-refractivity contribution < 1.29 is 13.2 Å². The number of nitrogen functional groups attached to an aromatic ring is 1. The maximum Gasteiger partial charge on any atom is 0.242 e. The van der Waals surface area contributed by atoms with Crippen LogP contribution in [0.1, 0.15) is 5.56 Å². The molecule has 1 aromatic heterocycles. The molecule has 108 valence electrons. The third kappa shape index (κ3) is 3.50. The number of hydrogen-bond acceptors (Lipinski definition) is 5. The number of nitrogens with one attached hydrogen (secondary N) is 1. The molecule has 7 heteroatoms. The highest BCUT2D eigenvalue weighted by Crippen LogP contribution is 2.23. The first-order valence-corrected chi connectivity index (χ1v) is 8.40. The van der Waals surface area contributed by atoms with Crippen LogP contribution in [0.25, 0.3) is 0 Å². The van der Waals surface area contributed by atoms with Crippen LogP contribution in [0.5, 0.6) is 5.75 Å². The fraction of sp³-hybridized carbons (Fsp3) is 0.231. The Balaban J connectivity index is 2.06. The van der Waals surface area contributed by atoms with Crippen LogP contribution in [0.4, 0.5) is 5.69 Å². The highest BCUT2D eigenvalue weighted by molar-refractivity contribution is 7.89. The van der Waals surface area contributed by atoms with Gasteiger partial charge in [0.05, 0.1) is 12.8 Å². The molecule has 0 saturated heterocycles. The van der Waals surface area contributed by atoms with Gasteiger partial charge in [0.1, 0.15) is 10.6 Å². The number of anilines is 1. The van der Waals surface area contributed by atoms with Crippen LogP contribution in [-0.2, 0) is 16.4 Å². The lowest BCUT2D eigenvalue weighted by Crippen LogP contribution is -2.26. The fourth-order valence-electron chi connectivity index (χ4n) is 1.74. The number of hydrogen-bond donors (Lipinski definition) is 2. The Kier molecular flexibility index (Phi) is 4.64. The fourth-order valence-corrected chi connectivity index (χ4v) is 3.59. The molecule has 3 N–H and O–H groups in total. The second kappa shape index (κ2) is 6.25. The van der Waals surface area contributed by atoms with E-state index >= 15 is 0 Å². The lowest BCUT2D eigenvalue weighted by Gasteiger charge is -2.10. The number of nitrogens with two attached hydrogens (primary N) is 1. The molecule has 1 heterocycles. The molecule has 1 aromatic carbocycles. The molecule has 20 heavy (non-hydrogen) atoms. The van der Waals surface area contributed by atoms with Gasteiger partial charge in [-0.15, -0.1) is 0 Å². The highest BCUT2D eigenvalue weighted by atomic mass is 32.2. The molecular weight excluding hydrogens is 296 g/mol. The summed E-state index contributed by atoms with van der Waals surface area (Å²) in [4.78, 5) is 0.0728. The minimum Gasteiger partial charge on any atom is -0.497 e. The van der Waals surface area contributed by atoms with Gasteiger partial charge < -0.3 is 10.5 Å². The smallest absolute Gasteiger partial charge is 0.242 e. The van der Waals surface area contributed by atoms with Gasteiger partial charge in [-0.1, -0.05) is 0 Å². The third-order valence-electron chi connectivity index (χ3n) is 2.79. The Morgan fingerprint density at radius 1 is 1.35 bits per heavy atom. The zero-order valence-corrected chi connectivity index (χ0v) is 12.6. The van der Waals surface area contributed by atoms with Crippen molar-refractivity contribution in [2.75, 3.05) is 19.4 Å². The van der Waals surface area contributed by atoms with E-state index in [1.54, 1.807) is 17.4 Å². The molecule has 0 aliphatic heterocycles. The first-order chi connectivity index (χ1) is 9.53. The van der Waals surface area contributed by atoms with Gasteiger partial charge in [0.15, 0.2) is 0 Å². The number of benzene rings is 1. The summed E-state index contributed by atoms with van der Waals surface area (Å²) < 4.78 is 31.9. The van der Waals surface area contributed by atoms with Crippen LogP contribution in [0.2, 0.25) is 0 Å². The van der Waals surface area contributed by atoms with E-state index in [9.17, 15) is 8.42 Å². The van der Waals surface area contributed by atoms with Crippen molar-refractivity contribution in [1.82, 2.24) is 4.72 Å². The van der Waals surface area contributed by atoms with Crippen molar-refractivity contribution in [2.24, 2.45) is 0 Å². The first kappa shape index (κ1) is 14.8. The molecule has 0 aliphatic rings. The standard InChI is InChI=1S/C13H16N2O3S2/c1-18-11-2-3-13(12(14)8-11)20(16,17)15-6-4-10-5-7-19-9-10/h2-3,5,7-9,15H,4,6,14H2,1H3. The number of thiophene rings is 1. The maximum atomic E-state index is 12.2. The summed E-state index contributed by atoms with van der Waals surface area (Å²) in [6, 6.07) is 6.49. The summed E-state index contributed by atoms with van der Waals surface area (Å²) in [6.07, 6.45) is 0.652. The topological polar surface area (TPSA) is 81.4 Å². The summed E-state index contributed by atoms with van der Waals surface area (Å²) in [5.74, 6) is 0.528. The first-order valence-electron chi connectivity index (χ1n) is 5.97. The third-order valence-corrected chi connectivity index (χ3v) is 5.06. The van der Waals surface area contributed by atoms with E-state index < -0.39 is 10.0 Å². The molecule has 2 rings (SSSR count). The van der Waals surface area contributed by atoms with E-state index in [1.165, 1.54) is 19.2 Å². The van der Waals surface area contributed by atoms with Crippen molar-refractivity contribution >= 4 is 27.0 Å². The number of ether oxygens (including phenoxy) is 1. The summed E-state index contributed by atoms with van der Waals surface area (Å²) in [6.45, 7) is 0.338. The van der Waals surface area contributed by atoms with E-state index in [0.29, 0.717) is 18.7 Å². The quantitative estimate of drug-likeness (QED) is 0.798. The van der Waals surface area contributed by atoms with Crippen molar-refractivity contribution in [1.29, 1.82) is 0 Å². The van der Waals surface area contributed by atoms with Gasteiger partial charge in [0.2, 0.25) is 10.0 Å². The summed E-state index contributed by atoms with van der Waals surface area (Å²) >= 11 is 1.59. The molecule has 0 radical (unpaired) electrons. The summed E-state index contributed by atoms with van der Waals surface area (Å²) in [5.41, 5.74) is 7.04. The van der Waals surface area contributed by atoms with Crippen LogP contribution in [-0.4, -0.2) is 22.1 Å². The molecule has 0 aliphatic carbocycles. The molecule has 5 nitrogen and oxygen atoms in total. The SMILES string of the molecule is COc1ccc(S(=O)(=O)NCCc2ccsc2)c(N)c1. The normalized spacial score (nSPS) is 11.4. The van der Waals surface area contributed by atoms with Gasteiger partial charge in [-0.3, -0.25) is 0 Å². The lowest BCUT2D eigenvalue weighted by atomic mass is 10.2. The molecule has 2 aromatic rings. The second-order valence-corrected chi connectivity index (χ2v) is 6.70. The zero-order chi connectivity index (χ0) is 14.6. The second-order valence-electron chi connectivity index (χ2n) is 4.18. The van der Waals surface area contributed by atoms with Crippen molar-refractivity contribution in [2.45, 2.75) is 11.3 Å². The number of rotatable bonds is 6. The van der Waals surface area contributed by atoms with Crippen molar-refractivity contribution in [3.8, 4) is 5.75 Å². The molecule has 0 unspecified atom stereocenters. The largest absolute Gasteiger partial charge is 0.497 e. The van der Waals surface area contributed by atoms with Crippen molar-refractivity contribution in [3.05, 3.63) is 40.6 Å². The highest BCUT2D eigenvalue weighted by Gasteiger charge is 2.17. The molecule has 0 atom stereocenters. The monoisotopic (exact) mass is 312 g/mol. The maximum absolute atomic E-state index is 12.2. The number of sulfonamides is 1. The molecule has 0 spiro atoms. The summed E-state index contributed by atoms with van der Waals surface area (Å²) in [7, 11) is -2.09. The van der Waals surface area contributed by atoms with E-state index in [-0.39, 0.29) is 10.6 Å². The van der Waals surface area contributed by atoms with Gasteiger partial charge in [0, 0.05) is 12.6 Å². The predicted molar refractivity (Wildman–Crippen MR) is 80.6 cm³/mol. The van der Waals surface area contributed by atoms with E-state index in [0.717, 1.165) is 5.56 Å². The molecular formula is C13H16N2O3S2. The Morgan fingerprint density at radius 3 is 2.75 bits per heavy atom. The van der Waals surface area contributed by atoms with Crippen LogP contribution in [0.3, 0.4) is 0 Å². The van der Waals surface area contributed by atoms with Crippen LogP contribution < -0.4 is 15.2 Å². The van der Waals surface area contributed by atoms with Crippen molar-refractivity contribution in [3.63, 3.8) is 0 Å². The molecule has 0 bridgehead atoms. The van der Waals surface area contributed by atoms with E-state index in [2.05, 4.69) is 4.72 Å².